The van der Waals surface area contributed by atoms with Gasteiger partial charge in [0.15, 0.2) is 0 Å². The van der Waals surface area contributed by atoms with Crippen LogP contribution in [0.5, 0.6) is 0 Å². The van der Waals surface area contributed by atoms with Gasteiger partial charge in [0.05, 0.1) is 12.7 Å². The van der Waals surface area contributed by atoms with Gasteiger partial charge in [0.2, 0.25) is 6.29 Å². The zero-order valence-corrected chi connectivity index (χ0v) is 15.5. The smallest absolute Gasteiger partial charge is 0.304 e. The molecule has 0 amide bonds. The zero-order valence-electron chi connectivity index (χ0n) is 15.5. The van der Waals surface area contributed by atoms with Gasteiger partial charge >= 0.3 is 11.9 Å². The fraction of sp³-hybridized carbons (Fsp3) is 0.556. The Bertz CT molecular complexity index is 692. The Balaban J connectivity index is 2.22. The maximum absolute atomic E-state index is 11.4. The molecule has 1 aromatic carbocycles. The molecular weight excluding hydrogens is 354 g/mol. The Morgan fingerprint density at radius 3 is 2.52 bits per heavy atom. The molecule has 9 heteroatoms. The van der Waals surface area contributed by atoms with Gasteiger partial charge in [-0.3, -0.25) is 9.59 Å². The minimum Gasteiger partial charge on any atom is -0.463 e. The lowest BCUT2D eigenvalue weighted by Crippen LogP contribution is -2.56. The number of azide groups is 1. The summed E-state index contributed by atoms with van der Waals surface area (Å²) in [6, 6.07) is 8.63. The summed E-state index contributed by atoms with van der Waals surface area (Å²) < 4.78 is 22.0. The van der Waals surface area contributed by atoms with Gasteiger partial charge < -0.3 is 18.9 Å². The van der Waals surface area contributed by atoms with Crippen LogP contribution in [0, 0.1) is 5.92 Å². The molecule has 0 N–H and O–H groups in total. The molecule has 3 unspecified atom stereocenters. The van der Waals surface area contributed by atoms with Crippen LogP contribution in [0.4, 0.5) is 0 Å². The average molecular weight is 377 g/mol. The first-order valence-electron chi connectivity index (χ1n) is 8.58. The van der Waals surface area contributed by atoms with Crippen molar-refractivity contribution in [1.82, 2.24) is 0 Å². The van der Waals surface area contributed by atoms with Gasteiger partial charge in [0.25, 0.3) is 0 Å². The third-order valence-electron chi connectivity index (χ3n) is 4.23. The Morgan fingerprint density at radius 1 is 1.22 bits per heavy atom. The van der Waals surface area contributed by atoms with Crippen molar-refractivity contribution in [2.75, 3.05) is 6.61 Å². The van der Waals surface area contributed by atoms with E-state index in [1.165, 1.54) is 13.8 Å². The van der Waals surface area contributed by atoms with Crippen molar-refractivity contribution in [3.8, 4) is 0 Å². The molecule has 1 aliphatic rings. The SMILES string of the molecule is CC(=O)OCC1O[C@H](OC(C)=O)C(N=[N+]=[N-])C(OCc2ccccc2)[C@@H]1C. The highest BCUT2D eigenvalue weighted by atomic mass is 16.7. The Hall–Kier alpha value is -2.61. The van der Waals surface area contributed by atoms with Crippen molar-refractivity contribution < 1.29 is 28.5 Å². The summed E-state index contributed by atoms with van der Waals surface area (Å²) in [6.45, 7) is 4.62. The number of carbonyl (C=O) groups excluding carboxylic acids is 2. The number of hydrogen-bond acceptors (Lipinski definition) is 7. The van der Waals surface area contributed by atoms with Crippen molar-refractivity contribution >= 4 is 11.9 Å². The number of esters is 2. The lowest BCUT2D eigenvalue weighted by atomic mass is 9.89. The second-order valence-electron chi connectivity index (χ2n) is 6.27. The first-order valence-corrected chi connectivity index (χ1v) is 8.58. The number of ether oxygens (including phenoxy) is 4. The molecule has 1 saturated heterocycles. The summed E-state index contributed by atoms with van der Waals surface area (Å²) in [5, 5.41) is 3.74. The highest BCUT2D eigenvalue weighted by Crippen LogP contribution is 2.32. The number of benzene rings is 1. The molecule has 1 aliphatic heterocycles. The third-order valence-corrected chi connectivity index (χ3v) is 4.23. The fourth-order valence-corrected chi connectivity index (χ4v) is 2.90. The van der Waals surface area contributed by atoms with Crippen LogP contribution in [-0.4, -0.2) is 43.1 Å². The van der Waals surface area contributed by atoms with E-state index in [1.54, 1.807) is 0 Å². The summed E-state index contributed by atoms with van der Waals surface area (Å²) in [5.74, 6) is -1.31. The summed E-state index contributed by atoms with van der Waals surface area (Å²) in [5.41, 5.74) is 9.88. The van der Waals surface area contributed by atoms with E-state index in [0.717, 1.165) is 5.56 Å². The van der Waals surface area contributed by atoms with E-state index >= 15 is 0 Å². The topological polar surface area (TPSA) is 120 Å². The van der Waals surface area contributed by atoms with Gasteiger partial charge in [0, 0.05) is 24.7 Å². The molecule has 0 spiro atoms. The normalized spacial score (nSPS) is 27.3. The molecule has 0 bridgehead atoms. The van der Waals surface area contributed by atoms with E-state index in [2.05, 4.69) is 10.0 Å². The third kappa shape index (κ3) is 5.96. The summed E-state index contributed by atoms with van der Waals surface area (Å²) in [7, 11) is 0. The highest BCUT2D eigenvalue weighted by Gasteiger charge is 2.46. The molecule has 2 rings (SSSR count). The molecule has 1 heterocycles. The molecule has 27 heavy (non-hydrogen) atoms. The Kier molecular flexibility index (Phi) is 7.60. The van der Waals surface area contributed by atoms with Crippen LogP contribution in [0.3, 0.4) is 0 Å². The number of hydrogen-bond donors (Lipinski definition) is 0. The van der Waals surface area contributed by atoms with Crippen molar-refractivity contribution in [3.05, 3.63) is 46.3 Å². The Labute approximate surface area is 157 Å². The molecule has 0 saturated carbocycles. The average Bonchev–Trinajstić information content (AvgIpc) is 2.63. The zero-order chi connectivity index (χ0) is 19.8. The van der Waals surface area contributed by atoms with Crippen molar-refractivity contribution in [3.63, 3.8) is 0 Å². The molecule has 1 fully saturated rings. The molecule has 1 aromatic rings. The number of carbonyl (C=O) groups is 2. The van der Waals surface area contributed by atoms with Crippen LogP contribution in [0.15, 0.2) is 35.4 Å². The summed E-state index contributed by atoms with van der Waals surface area (Å²) in [6.07, 6.45) is -2.31. The van der Waals surface area contributed by atoms with Crippen LogP contribution in [-0.2, 0) is 35.1 Å². The van der Waals surface area contributed by atoms with E-state index in [9.17, 15) is 9.59 Å². The molecule has 5 atom stereocenters. The minimum absolute atomic E-state index is 0.0253. The van der Waals surface area contributed by atoms with E-state index in [0.29, 0.717) is 0 Å². The maximum Gasteiger partial charge on any atom is 0.304 e. The second-order valence-corrected chi connectivity index (χ2v) is 6.27. The lowest BCUT2D eigenvalue weighted by Gasteiger charge is -2.43. The van der Waals surface area contributed by atoms with E-state index < -0.39 is 36.5 Å². The van der Waals surface area contributed by atoms with Crippen LogP contribution in [0.25, 0.3) is 10.4 Å². The molecule has 146 valence electrons. The highest BCUT2D eigenvalue weighted by molar-refractivity contribution is 5.66. The number of nitrogens with zero attached hydrogens (tertiary/aromatic N) is 3. The minimum atomic E-state index is -1.13. The van der Waals surface area contributed by atoms with E-state index in [-0.39, 0.29) is 19.1 Å². The first-order chi connectivity index (χ1) is 12.9. The van der Waals surface area contributed by atoms with Gasteiger partial charge in [-0.2, -0.15) is 0 Å². The van der Waals surface area contributed by atoms with Crippen LogP contribution in [0.1, 0.15) is 26.3 Å². The van der Waals surface area contributed by atoms with Gasteiger partial charge in [-0.15, -0.1) is 0 Å². The summed E-state index contributed by atoms with van der Waals surface area (Å²) in [4.78, 5) is 25.4. The van der Waals surface area contributed by atoms with Crippen molar-refractivity contribution in [2.24, 2.45) is 11.0 Å². The standard InChI is InChI=1S/C18H23N3O6/c1-11-15(10-24-12(2)22)27-18(26-13(3)23)16(20-21-19)17(11)25-9-14-7-5-4-6-8-14/h4-8,11,15-18H,9-10H2,1-3H3/t11-,15?,16?,17?,18+/m1/s1. The molecular formula is C18H23N3O6. The Morgan fingerprint density at radius 2 is 1.93 bits per heavy atom. The predicted octanol–water partition coefficient (Wildman–Crippen LogP) is 2.74. The summed E-state index contributed by atoms with van der Waals surface area (Å²) >= 11 is 0. The fourth-order valence-electron chi connectivity index (χ4n) is 2.90. The monoisotopic (exact) mass is 377 g/mol. The number of rotatable bonds is 7. The molecule has 9 nitrogen and oxygen atoms in total. The van der Waals surface area contributed by atoms with Crippen LogP contribution >= 0.6 is 0 Å². The van der Waals surface area contributed by atoms with Crippen molar-refractivity contribution in [2.45, 2.75) is 51.9 Å². The van der Waals surface area contributed by atoms with E-state index in [4.69, 9.17) is 24.5 Å². The quantitative estimate of drug-likeness (QED) is 0.312. The second kappa shape index (κ2) is 9.91. The largest absolute Gasteiger partial charge is 0.463 e. The van der Waals surface area contributed by atoms with Gasteiger partial charge in [-0.05, 0) is 11.1 Å². The predicted molar refractivity (Wildman–Crippen MR) is 94.2 cm³/mol. The molecule has 0 radical (unpaired) electrons. The van der Waals surface area contributed by atoms with Crippen LogP contribution in [0.2, 0.25) is 0 Å². The molecule has 0 aromatic heterocycles. The van der Waals surface area contributed by atoms with Gasteiger partial charge in [-0.1, -0.05) is 42.4 Å². The van der Waals surface area contributed by atoms with Crippen LogP contribution < -0.4 is 0 Å². The van der Waals surface area contributed by atoms with Gasteiger partial charge in [0.1, 0.15) is 18.8 Å². The molecule has 0 aliphatic carbocycles. The van der Waals surface area contributed by atoms with Crippen molar-refractivity contribution in [1.29, 1.82) is 0 Å². The first kappa shape index (κ1) is 20.7. The van der Waals surface area contributed by atoms with Gasteiger partial charge in [-0.25, -0.2) is 0 Å². The lowest BCUT2D eigenvalue weighted by molar-refractivity contribution is -0.252. The maximum atomic E-state index is 11.4. The van der Waals surface area contributed by atoms with E-state index in [1.807, 2.05) is 37.3 Å².